The lowest BCUT2D eigenvalue weighted by molar-refractivity contribution is -0.0491. The van der Waals surface area contributed by atoms with E-state index in [9.17, 15) is 19.1 Å². The molecule has 0 radical (unpaired) electrons. The minimum absolute atomic E-state index is 0.0733. The maximum atomic E-state index is 14.2. The van der Waals surface area contributed by atoms with Gasteiger partial charge in [-0.2, -0.15) is 4.98 Å². The number of hydrogen-bond acceptors (Lipinski definition) is 8. The SMILES string of the molecule is COc1cnc(C(N)=O)c(-c2ccn([C@H]3O[C@H](CO)[C@@H](O)[C@H]3F)c(=O)n2)c1. The summed E-state index contributed by atoms with van der Waals surface area (Å²) in [6, 6.07) is 2.79. The van der Waals surface area contributed by atoms with Gasteiger partial charge in [0.1, 0.15) is 23.7 Å². The van der Waals surface area contributed by atoms with Crippen LogP contribution in [0.4, 0.5) is 4.39 Å². The van der Waals surface area contributed by atoms with E-state index in [4.69, 9.17) is 20.3 Å². The van der Waals surface area contributed by atoms with Crippen LogP contribution < -0.4 is 16.2 Å². The van der Waals surface area contributed by atoms with E-state index in [1.165, 1.54) is 31.6 Å². The third-order valence-electron chi connectivity index (χ3n) is 4.19. The third-order valence-corrected chi connectivity index (χ3v) is 4.19. The van der Waals surface area contributed by atoms with Gasteiger partial charge in [0.15, 0.2) is 12.4 Å². The Morgan fingerprint density at radius 1 is 1.52 bits per heavy atom. The number of hydrogen-bond donors (Lipinski definition) is 3. The van der Waals surface area contributed by atoms with Crippen molar-refractivity contribution in [1.29, 1.82) is 0 Å². The molecular weight excluding hydrogens is 363 g/mol. The van der Waals surface area contributed by atoms with Crippen molar-refractivity contribution in [2.75, 3.05) is 13.7 Å². The fourth-order valence-electron chi connectivity index (χ4n) is 2.78. The number of amides is 1. The second-order valence-corrected chi connectivity index (χ2v) is 5.82. The van der Waals surface area contributed by atoms with Crippen LogP contribution in [-0.2, 0) is 4.74 Å². The molecule has 1 fully saturated rings. The van der Waals surface area contributed by atoms with Gasteiger partial charge in [0.2, 0.25) is 0 Å². The number of aromatic nitrogens is 3. The van der Waals surface area contributed by atoms with Crippen LogP contribution in [0.3, 0.4) is 0 Å². The summed E-state index contributed by atoms with van der Waals surface area (Å²) in [7, 11) is 1.40. The minimum Gasteiger partial charge on any atom is -0.495 e. The summed E-state index contributed by atoms with van der Waals surface area (Å²) in [4.78, 5) is 31.7. The number of alkyl halides is 1. The number of nitrogens with two attached hydrogens (primary N) is 1. The molecule has 1 amide bonds. The highest BCUT2D eigenvalue weighted by Gasteiger charge is 2.45. The molecule has 0 spiro atoms. The van der Waals surface area contributed by atoms with E-state index in [0.29, 0.717) is 5.75 Å². The Morgan fingerprint density at radius 2 is 2.26 bits per heavy atom. The zero-order valence-corrected chi connectivity index (χ0v) is 14.2. The van der Waals surface area contributed by atoms with Crippen molar-refractivity contribution in [1.82, 2.24) is 14.5 Å². The molecule has 11 heteroatoms. The fraction of sp³-hybridized carbons (Fsp3) is 0.375. The van der Waals surface area contributed by atoms with E-state index < -0.39 is 42.8 Å². The molecule has 2 aromatic heterocycles. The van der Waals surface area contributed by atoms with Crippen molar-refractivity contribution in [3.8, 4) is 17.0 Å². The van der Waals surface area contributed by atoms with Crippen LogP contribution in [-0.4, -0.2) is 62.8 Å². The highest BCUT2D eigenvalue weighted by Crippen LogP contribution is 2.31. The molecule has 3 heterocycles. The number of nitrogens with zero attached hydrogens (tertiary/aromatic N) is 3. The van der Waals surface area contributed by atoms with Crippen LogP contribution in [0.1, 0.15) is 16.7 Å². The molecule has 144 valence electrons. The maximum absolute atomic E-state index is 14.2. The second kappa shape index (κ2) is 7.39. The first-order chi connectivity index (χ1) is 12.9. The van der Waals surface area contributed by atoms with Gasteiger partial charge in [-0.3, -0.25) is 9.36 Å². The number of primary amides is 1. The summed E-state index contributed by atoms with van der Waals surface area (Å²) in [6.45, 7) is -0.601. The van der Waals surface area contributed by atoms with Crippen LogP contribution >= 0.6 is 0 Å². The number of carbonyl (C=O) groups is 1. The molecule has 4 N–H and O–H groups in total. The number of carbonyl (C=O) groups excluding carboxylic acids is 1. The lowest BCUT2D eigenvalue weighted by atomic mass is 10.1. The van der Waals surface area contributed by atoms with Crippen molar-refractivity contribution in [2.45, 2.75) is 24.6 Å². The molecule has 1 saturated heterocycles. The summed E-state index contributed by atoms with van der Waals surface area (Å²) in [6.07, 6.45) is -3.59. The van der Waals surface area contributed by atoms with Gasteiger partial charge < -0.3 is 25.4 Å². The van der Waals surface area contributed by atoms with Crippen LogP contribution in [0.2, 0.25) is 0 Å². The third kappa shape index (κ3) is 3.39. The normalized spacial score (nSPS) is 24.7. The lowest BCUT2D eigenvalue weighted by Gasteiger charge is -2.16. The monoisotopic (exact) mass is 380 g/mol. The molecule has 1 aliphatic rings. The van der Waals surface area contributed by atoms with Crippen molar-refractivity contribution in [3.63, 3.8) is 0 Å². The molecule has 0 bridgehead atoms. The van der Waals surface area contributed by atoms with Gasteiger partial charge in [0.05, 0.1) is 25.6 Å². The van der Waals surface area contributed by atoms with Gasteiger partial charge >= 0.3 is 5.69 Å². The van der Waals surface area contributed by atoms with E-state index in [1.807, 2.05) is 0 Å². The summed E-state index contributed by atoms with van der Waals surface area (Å²) in [5, 5.41) is 18.8. The van der Waals surface area contributed by atoms with Gasteiger partial charge in [-0.25, -0.2) is 14.2 Å². The van der Waals surface area contributed by atoms with E-state index in [0.717, 1.165) is 4.57 Å². The Balaban J connectivity index is 2.02. The predicted molar refractivity (Wildman–Crippen MR) is 88.7 cm³/mol. The highest BCUT2D eigenvalue weighted by molar-refractivity contribution is 5.97. The second-order valence-electron chi connectivity index (χ2n) is 5.82. The van der Waals surface area contributed by atoms with Crippen LogP contribution in [0.25, 0.3) is 11.3 Å². The number of rotatable bonds is 5. The molecule has 0 unspecified atom stereocenters. The Morgan fingerprint density at radius 3 is 2.81 bits per heavy atom. The number of ether oxygens (including phenoxy) is 2. The first-order valence-electron chi connectivity index (χ1n) is 7.89. The molecule has 0 saturated carbocycles. The van der Waals surface area contributed by atoms with Crippen LogP contribution in [0.5, 0.6) is 5.75 Å². The van der Waals surface area contributed by atoms with Gasteiger partial charge in [-0.15, -0.1) is 0 Å². The average Bonchev–Trinajstić information content (AvgIpc) is 2.95. The number of pyridine rings is 1. The topological polar surface area (TPSA) is 150 Å². The summed E-state index contributed by atoms with van der Waals surface area (Å²) >= 11 is 0. The van der Waals surface area contributed by atoms with Gasteiger partial charge in [-0.05, 0) is 12.1 Å². The van der Waals surface area contributed by atoms with Crippen LogP contribution in [0, 0.1) is 0 Å². The highest BCUT2D eigenvalue weighted by atomic mass is 19.1. The summed E-state index contributed by atoms with van der Waals surface area (Å²) in [5.74, 6) is -0.506. The molecule has 3 rings (SSSR count). The number of methoxy groups -OCH3 is 1. The Bertz CT molecular complexity index is 920. The molecule has 4 atom stereocenters. The predicted octanol–water partition coefficient (Wildman–Crippen LogP) is -0.999. The summed E-state index contributed by atoms with van der Waals surface area (Å²) in [5.41, 5.74) is 4.54. The quantitative estimate of drug-likeness (QED) is 0.598. The van der Waals surface area contributed by atoms with Crippen molar-refractivity contribution >= 4 is 5.91 Å². The molecule has 27 heavy (non-hydrogen) atoms. The Hall–Kier alpha value is -2.89. The smallest absolute Gasteiger partial charge is 0.350 e. The van der Waals surface area contributed by atoms with Gasteiger partial charge in [0, 0.05) is 11.8 Å². The largest absolute Gasteiger partial charge is 0.495 e. The molecule has 10 nitrogen and oxygen atoms in total. The van der Waals surface area contributed by atoms with Gasteiger partial charge in [-0.1, -0.05) is 0 Å². The molecule has 0 aromatic carbocycles. The zero-order chi connectivity index (χ0) is 19.7. The van der Waals surface area contributed by atoms with E-state index in [2.05, 4.69) is 9.97 Å². The summed E-state index contributed by atoms with van der Waals surface area (Å²) < 4.78 is 25.3. The number of aliphatic hydroxyl groups is 2. The minimum atomic E-state index is -1.92. The van der Waals surface area contributed by atoms with E-state index >= 15 is 0 Å². The van der Waals surface area contributed by atoms with Gasteiger partial charge in [0.25, 0.3) is 5.91 Å². The Labute approximate surface area is 152 Å². The first kappa shape index (κ1) is 18.9. The molecule has 1 aliphatic heterocycles. The van der Waals surface area contributed by atoms with Crippen molar-refractivity contribution in [2.24, 2.45) is 5.73 Å². The van der Waals surface area contributed by atoms with Crippen molar-refractivity contribution in [3.05, 3.63) is 40.7 Å². The molecular formula is C16H17FN4O6. The number of halogens is 1. The first-order valence-corrected chi connectivity index (χ1v) is 7.89. The van der Waals surface area contributed by atoms with E-state index in [1.54, 1.807) is 0 Å². The lowest BCUT2D eigenvalue weighted by Crippen LogP contribution is -2.33. The Kier molecular flexibility index (Phi) is 5.17. The molecule has 0 aliphatic carbocycles. The fourth-order valence-corrected chi connectivity index (χ4v) is 2.78. The molecule has 2 aromatic rings. The zero-order valence-electron chi connectivity index (χ0n) is 14.2. The standard InChI is InChI=1S/C16H17FN4O6/c1-26-7-4-8(12(14(18)24)19-5-7)9-2-3-21(16(25)20-9)15-11(17)13(23)10(6-22)27-15/h2-5,10-11,13,15,22-23H,6H2,1H3,(H2,18,24)/t10-,11-,13-,15+/m1/s1. The van der Waals surface area contributed by atoms with Crippen LogP contribution in [0.15, 0.2) is 29.3 Å². The van der Waals surface area contributed by atoms with E-state index in [-0.39, 0.29) is 17.0 Å². The van der Waals surface area contributed by atoms with Crippen molar-refractivity contribution < 1.29 is 28.9 Å². The number of aliphatic hydroxyl groups excluding tert-OH is 2. The maximum Gasteiger partial charge on any atom is 0.350 e. The average molecular weight is 380 g/mol.